The van der Waals surface area contributed by atoms with Crippen molar-refractivity contribution >= 4 is 17.3 Å². The first-order valence-electron chi connectivity index (χ1n) is 8.71. The van der Waals surface area contributed by atoms with Crippen molar-refractivity contribution in [2.45, 2.75) is 13.5 Å². The number of aromatic nitrogens is 1. The van der Waals surface area contributed by atoms with Gasteiger partial charge in [0.2, 0.25) is 0 Å². The summed E-state index contributed by atoms with van der Waals surface area (Å²) in [5.41, 5.74) is 2.04. The minimum Gasteiger partial charge on any atom is -0.497 e. The highest BCUT2D eigenvalue weighted by molar-refractivity contribution is 7.13. The van der Waals surface area contributed by atoms with Gasteiger partial charge in [0, 0.05) is 10.9 Å². The number of ether oxygens (including phenoxy) is 4. The minimum atomic E-state index is -0.447. The normalized spacial score (nSPS) is 10.4. The van der Waals surface area contributed by atoms with Gasteiger partial charge in [-0.25, -0.2) is 9.78 Å². The Bertz CT molecular complexity index is 953. The monoisotopic (exact) mass is 399 g/mol. The molecule has 0 saturated carbocycles. The van der Waals surface area contributed by atoms with Gasteiger partial charge in [0.05, 0.1) is 32.1 Å². The Morgan fingerprint density at radius 1 is 1.07 bits per heavy atom. The van der Waals surface area contributed by atoms with Gasteiger partial charge in [-0.2, -0.15) is 0 Å². The van der Waals surface area contributed by atoms with Gasteiger partial charge in [-0.15, -0.1) is 11.3 Å². The topological polar surface area (TPSA) is 66.9 Å². The van der Waals surface area contributed by atoms with Crippen LogP contribution in [-0.4, -0.2) is 31.8 Å². The number of benzene rings is 2. The first-order valence-corrected chi connectivity index (χ1v) is 9.59. The molecule has 0 unspecified atom stereocenters. The zero-order chi connectivity index (χ0) is 19.9. The average Bonchev–Trinajstić information content (AvgIpc) is 3.21. The van der Waals surface area contributed by atoms with Crippen molar-refractivity contribution in [3.8, 4) is 27.8 Å². The van der Waals surface area contributed by atoms with E-state index in [4.69, 9.17) is 18.9 Å². The number of hydrogen-bond acceptors (Lipinski definition) is 7. The van der Waals surface area contributed by atoms with Crippen molar-refractivity contribution in [2.24, 2.45) is 0 Å². The number of rotatable bonds is 8. The Labute approximate surface area is 167 Å². The van der Waals surface area contributed by atoms with E-state index < -0.39 is 5.97 Å². The van der Waals surface area contributed by atoms with Gasteiger partial charge in [0.1, 0.15) is 17.4 Å². The summed E-state index contributed by atoms with van der Waals surface area (Å²) in [6, 6.07) is 12.6. The molecule has 0 spiro atoms. The molecular weight excluding hydrogens is 378 g/mol. The Kier molecular flexibility index (Phi) is 6.49. The molecule has 28 heavy (non-hydrogen) atoms. The Morgan fingerprint density at radius 2 is 1.93 bits per heavy atom. The van der Waals surface area contributed by atoms with Gasteiger partial charge in [0.25, 0.3) is 0 Å². The van der Waals surface area contributed by atoms with E-state index >= 15 is 0 Å². The molecule has 3 rings (SSSR count). The summed E-state index contributed by atoms with van der Waals surface area (Å²) in [7, 11) is 3.16. The number of esters is 1. The van der Waals surface area contributed by atoms with Crippen LogP contribution in [0.1, 0.15) is 23.0 Å². The molecule has 0 aliphatic carbocycles. The summed E-state index contributed by atoms with van der Waals surface area (Å²) in [5, 5.41) is 2.72. The van der Waals surface area contributed by atoms with Gasteiger partial charge in [0.15, 0.2) is 11.5 Å². The van der Waals surface area contributed by atoms with E-state index in [-0.39, 0.29) is 6.61 Å². The Balaban J connectivity index is 1.66. The summed E-state index contributed by atoms with van der Waals surface area (Å²) in [5.74, 6) is 1.40. The predicted molar refractivity (Wildman–Crippen MR) is 107 cm³/mol. The lowest BCUT2D eigenvalue weighted by Crippen LogP contribution is -2.06. The van der Waals surface area contributed by atoms with Gasteiger partial charge in [-0.05, 0) is 37.3 Å². The molecule has 0 fully saturated rings. The molecule has 6 nitrogen and oxygen atoms in total. The van der Waals surface area contributed by atoms with Crippen LogP contribution in [0, 0.1) is 0 Å². The lowest BCUT2D eigenvalue weighted by atomic mass is 10.2. The van der Waals surface area contributed by atoms with Gasteiger partial charge in [-0.3, -0.25) is 0 Å². The highest BCUT2D eigenvalue weighted by Gasteiger charge is 2.14. The standard InChI is InChI=1S/C21H21NO5S/c1-4-26-18-9-8-15(11-19(18)25-3)21(23)27-12-16-13-28-20(22-16)14-6-5-7-17(10-14)24-2/h5-11,13H,4,12H2,1-3H3. The smallest absolute Gasteiger partial charge is 0.338 e. The Hall–Kier alpha value is -3.06. The van der Waals surface area contributed by atoms with E-state index in [2.05, 4.69) is 4.98 Å². The Morgan fingerprint density at radius 3 is 2.68 bits per heavy atom. The van der Waals surface area contributed by atoms with Crippen LogP contribution in [0.5, 0.6) is 17.2 Å². The van der Waals surface area contributed by atoms with Crippen molar-refractivity contribution in [1.82, 2.24) is 4.98 Å². The fraction of sp³-hybridized carbons (Fsp3) is 0.238. The average molecular weight is 399 g/mol. The molecule has 0 aliphatic rings. The third-order valence-corrected chi connectivity index (χ3v) is 4.86. The van der Waals surface area contributed by atoms with Crippen molar-refractivity contribution in [3.05, 3.63) is 59.1 Å². The minimum absolute atomic E-state index is 0.0921. The maximum absolute atomic E-state index is 12.4. The summed E-state index contributed by atoms with van der Waals surface area (Å²) in [4.78, 5) is 16.9. The van der Waals surface area contributed by atoms with E-state index in [0.29, 0.717) is 29.4 Å². The van der Waals surface area contributed by atoms with Crippen molar-refractivity contribution in [3.63, 3.8) is 0 Å². The fourth-order valence-corrected chi connectivity index (χ4v) is 3.36. The summed E-state index contributed by atoms with van der Waals surface area (Å²) in [6.45, 7) is 2.49. The van der Waals surface area contributed by atoms with Crippen LogP contribution in [0.25, 0.3) is 10.6 Å². The summed E-state index contributed by atoms with van der Waals surface area (Å²) in [6.07, 6.45) is 0. The molecule has 0 bridgehead atoms. The van der Waals surface area contributed by atoms with E-state index in [9.17, 15) is 4.79 Å². The molecule has 2 aromatic carbocycles. The number of thiazole rings is 1. The number of methoxy groups -OCH3 is 2. The molecule has 0 saturated heterocycles. The van der Waals surface area contributed by atoms with Crippen molar-refractivity contribution < 1.29 is 23.7 Å². The third-order valence-electron chi connectivity index (χ3n) is 3.92. The second kappa shape index (κ2) is 9.23. The fourth-order valence-electron chi connectivity index (χ4n) is 2.55. The van der Waals surface area contributed by atoms with Crippen LogP contribution in [0.2, 0.25) is 0 Å². The van der Waals surface area contributed by atoms with Gasteiger partial charge < -0.3 is 18.9 Å². The summed E-state index contributed by atoms with van der Waals surface area (Å²) < 4.78 is 21.4. The highest BCUT2D eigenvalue weighted by Crippen LogP contribution is 2.29. The lowest BCUT2D eigenvalue weighted by Gasteiger charge is -2.10. The largest absolute Gasteiger partial charge is 0.497 e. The van der Waals surface area contributed by atoms with Crippen LogP contribution >= 0.6 is 11.3 Å². The number of carbonyl (C=O) groups excluding carboxylic acids is 1. The van der Waals surface area contributed by atoms with E-state index in [0.717, 1.165) is 16.3 Å². The molecule has 7 heteroatoms. The molecule has 0 N–H and O–H groups in total. The second-order valence-electron chi connectivity index (χ2n) is 5.75. The van der Waals surface area contributed by atoms with Crippen molar-refractivity contribution in [2.75, 3.05) is 20.8 Å². The highest BCUT2D eigenvalue weighted by atomic mass is 32.1. The number of hydrogen-bond donors (Lipinski definition) is 0. The molecule has 1 heterocycles. The zero-order valence-electron chi connectivity index (χ0n) is 15.9. The maximum Gasteiger partial charge on any atom is 0.338 e. The van der Waals surface area contributed by atoms with E-state index in [1.807, 2.05) is 36.6 Å². The third kappa shape index (κ3) is 4.61. The van der Waals surface area contributed by atoms with E-state index in [1.165, 1.54) is 18.4 Å². The molecule has 0 amide bonds. The molecular formula is C21H21NO5S. The predicted octanol–water partition coefficient (Wildman–Crippen LogP) is 4.58. The van der Waals surface area contributed by atoms with Crippen LogP contribution in [0.15, 0.2) is 47.8 Å². The van der Waals surface area contributed by atoms with Crippen LogP contribution in [0.4, 0.5) is 0 Å². The van der Waals surface area contributed by atoms with Gasteiger partial charge in [-0.1, -0.05) is 12.1 Å². The maximum atomic E-state index is 12.4. The van der Waals surface area contributed by atoms with Crippen LogP contribution in [0.3, 0.4) is 0 Å². The van der Waals surface area contributed by atoms with E-state index in [1.54, 1.807) is 25.3 Å². The number of carbonyl (C=O) groups is 1. The second-order valence-corrected chi connectivity index (χ2v) is 6.61. The SMILES string of the molecule is CCOc1ccc(C(=O)OCc2csc(-c3cccc(OC)c3)n2)cc1OC. The first kappa shape index (κ1) is 19.7. The molecule has 146 valence electrons. The van der Waals surface area contributed by atoms with Crippen molar-refractivity contribution in [1.29, 1.82) is 0 Å². The first-order chi connectivity index (χ1) is 13.6. The van der Waals surface area contributed by atoms with Crippen LogP contribution in [-0.2, 0) is 11.3 Å². The lowest BCUT2D eigenvalue weighted by molar-refractivity contribution is 0.0468. The molecule has 0 radical (unpaired) electrons. The number of nitrogens with zero attached hydrogens (tertiary/aromatic N) is 1. The van der Waals surface area contributed by atoms with Crippen LogP contribution < -0.4 is 14.2 Å². The molecule has 0 aliphatic heterocycles. The quantitative estimate of drug-likeness (QED) is 0.517. The summed E-state index contributed by atoms with van der Waals surface area (Å²) >= 11 is 1.49. The molecule has 3 aromatic rings. The van der Waals surface area contributed by atoms with Gasteiger partial charge >= 0.3 is 5.97 Å². The zero-order valence-corrected chi connectivity index (χ0v) is 16.7. The molecule has 1 aromatic heterocycles. The molecule has 0 atom stereocenters.